The molecule has 1 amide bonds. The lowest BCUT2D eigenvalue weighted by molar-refractivity contribution is -0.121. The minimum Gasteiger partial charge on any atom is -0.368 e. The number of hydrogen-bond acceptors (Lipinski definition) is 4. The van der Waals surface area contributed by atoms with Crippen molar-refractivity contribution in [1.82, 2.24) is 4.31 Å². The van der Waals surface area contributed by atoms with E-state index in [0.29, 0.717) is 12.0 Å². The number of amides is 1. The highest BCUT2D eigenvalue weighted by atomic mass is 32.2. The third-order valence-corrected chi connectivity index (χ3v) is 6.86. The zero-order valence-corrected chi connectivity index (χ0v) is 13.5. The van der Waals surface area contributed by atoms with Gasteiger partial charge in [0.05, 0.1) is 16.5 Å². The van der Waals surface area contributed by atoms with Crippen LogP contribution in [0.1, 0.15) is 37.7 Å². The predicted octanol–water partition coefficient (Wildman–Crippen LogP) is 1.37. The largest absolute Gasteiger partial charge is 0.368 e. The van der Waals surface area contributed by atoms with Crippen molar-refractivity contribution in [1.29, 1.82) is 5.26 Å². The van der Waals surface area contributed by atoms with Gasteiger partial charge in [-0.3, -0.25) is 4.79 Å². The average molecular weight is 333 g/mol. The van der Waals surface area contributed by atoms with Crippen molar-refractivity contribution in [2.75, 3.05) is 0 Å². The summed E-state index contributed by atoms with van der Waals surface area (Å²) in [5.74, 6) is -0.383. The highest BCUT2D eigenvalue weighted by Crippen LogP contribution is 2.42. The number of hydrogen-bond donors (Lipinski definition) is 1. The first-order valence-corrected chi connectivity index (χ1v) is 9.22. The van der Waals surface area contributed by atoms with Crippen molar-refractivity contribution >= 4 is 15.9 Å². The van der Waals surface area contributed by atoms with Crippen LogP contribution in [0.4, 0.5) is 0 Å². The van der Waals surface area contributed by atoms with E-state index in [1.54, 1.807) is 0 Å². The Morgan fingerprint density at radius 1 is 1.22 bits per heavy atom. The summed E-state index contributed by atoms with van der Waals surface area (Å²) in [6.07, 6.45) is 4.25. The Labute approximate surface area is 135 Å². The number of benzene rings is 1. The van der Waals surface area contributed by atoms with Gasteiger partial charge in [0.2, 0.25) is 15.9 Å². The van der Waals surface area contributed by atoms with Crippen LogP contribution in [0.25, 0.3) is 0 Å². The molecule has 0 bridgehead atoms. The number of rotatable bonds is 3. The summed E-state index contributed by atoms with van der Waals surface area (Å²) < 4.78 is 27.4. The highest BCUT2D eigenvalue weighted by Gasteiger charge is 2.50. The molecule has 3 rings (SSSR count). The molecule has 1 aromatic carbocycles. The fraction of sp³-hybridized carbons (Fsp3) is 0.500. The lowest BCUT2D eigenvalue weighted by atomic mass is 9.85. The second-order valence-electron chi connectivity index (χ2n) is 6.24. The van der Waals surface area contributed by atoms with E-state index in [4.69, 9.17) is 11.0 Å². The minimum atomic E-state index is -3.81. The molecule has 23 heavy (non-hydrogen) atoms. The van der Waals surface area contributed by atoms with Gasteiger partial charge in [-0.1, -0.05) is 12.8 Å². The van der Waals surface area contributed by atoms with Crippen molar-refractivity contribution in [3.63, 3.8) is 0 Å². The Morgan fingerprint density at radius 2 is 1.87 bits per heavy atom. The quantitative estimate of drug-likeness (QED) is 0.901. The Balaban J connectivity index is 2.01. The Morgan fingerprint density at radius 3 is 2.48 bits per heavy atom. The maximum absolute atomic E-state index is 13.0. The van der Waals surface area contributed by atoms with Crippen LogP contribution in [0.5, 0.6) is 0 Å². The molecular weight excluding hydrogens is 314 g/mol. The van der Waals surface area contributed by atoms with Crippen molar-refractivity contribution in [3.05, 3.63) is 29.8 Å². The van der Waals surface area contributed by atoms with Crippen molar-refractivity contribution in [3.8, 4) is 6.07 Å². The number of carbonyl (C=O) groups is 1. The van der Waals surface area contributed by atoms with Crippen molar-refractivity contribution in [2.45, 2.75) is 49.1 Å². The normalized spacial score (nSPS) is 28.0. The molecule has 1 aliphatic heterocycles. The van der Waals surface area contributed by atoms with E-state index in [2.05, 4.69) is 0 Å². The molecule has 6 nitrogen and oxygen atoms in total. The standard InChI is InChI=1S/C16H19N3O3S/c17-10-11-5-7-13(8-6-11)23(21,22)19-14-4-2-1-3-12(14)9-15(19)16(18)20/h5-8,12,14-15H,1-4,9H2,(H2,18,20). The third kappa shape index (κ3) is 2.73. The second kappa shape index (κ2) is 5.95. The van der Waals surface area contributed by atoms with E-state index in [1.807, 2.05) is 6.07 Å². The van der Waals surface area contributed by atoms with Gasteiger partial charge in [0, 0.05) is 6.04 Å². The van der Waals surface area contributed by atoms with Gasteiger partial charge in [-0.2, -0.15) is 9.57 Å². The molecule has 3 unspecified atom stereocenters. The molecular formula is C16H19N3O3S. The number of nitriles is 1. The van der Waals surface area contributed by atoms with Crippen LogP contribution in [0, 0.1) is 17.2 Å². The molecule has 1 saturated heterocycles. The Kier molecular flexibility index (Phi) is 4.13. The molecule has 1 saturated carbocycles. The topological polar surface area (TPSA) is 104 Å². The molecule has 1 aliphatic carbocycles. The van der Waals surface area contributed by atoms with E-state index in [0.717, 1.165) is 25.7 Å². The molecule has 122 valence electrons. The number of fused-ring (bicyclic) bond motifs is 1. The Bertz CT molecular complexity index is 752. The summed E-state index contributed by atoms with van der Waals surface area (Å²) in [5.41, 5.74) is 5.87. The van der Waals surface area contributed by atoms with Crippen molar-refractivity contribution < 1.29 is 13.2 Å². The fourth-order valence-electron chi connectivity index (χ4n) is 3.83. The van der Waals surface area contributed by atoms with Crippen LogP contribution in [0.2, 0.25) is 0 Å². The molecule has 2 fully saturated rings. The van der Waals surface area contributed by atoms with E-state index in [9.17, 15) is 13.2 Å². The first-order valence-electron chi connectivity index (χ1n) is 7.78. The van der Waals surface area contributed by atoms with Gasteiger partial charge in [-0.05, 0) is 49.4 Å². The molecule has 2 N–H and O–H groups in total. The summed E-state index contributed by atoms with van der Waals surface area (Å²) in [6, 6.07) is 6.82. The summed E-state index contributed by atoms with van der Waals surface area (Å²) >= 11 is 0. The zero-order chi connectivity index (χ0) is 16.6. The first kappa shape index (κ1) is 16.0. The molecule has 0 radical (unpaired) electrons. The zero-order valence-electron chi connectivity index (χ0n) is 12.7. The minimum absolute atomic E-state index is 0.106. The SMILES string of the molecule is N#Cc1ccc(S(=O)(=O)N2C(C(N)=O)CC3CCCCC32)cc1. The molecule has 0 aromatic heterocycles. The fourth-order valence-corrected chi connectivity index (χ4v) is 5.71. The number of sulfonamides is 1. The number of nitrogens with zero attached hydrogens (tertiary/aromatic N) is 2. The van der Waals surface area contributed by atoms with Gasteiger partial charge in [-0.15, -0.1) is 0 Å². The molecule has 2 aliphatic rings. The Hall–Kier alpha value is -1.91. The van der Waals surface area contributed by atoms with Gasteiger partial charge in [-0.25, -0.2) is 8.42 Å². The average Bonchev–Trinajstić information content (AvgIpc) is 2.95. The number of nitrogens with two attached hydrogens (primary N) is 1. The van der Waals surface area contributed by atoms with Crippen molar-refractivity contribution in [2.24, 2.45) is 11.7 Å². The van der Waals surface area contributed by atoms with Gasteiger partial charge < -0.3 is 5.73 Å². The smallest absolute Gasteiger partial charge is 0.244 e. The summed E-state index contributed by atoms with van der Waals surface area (Å²) in [5, 5.41) is 8.84. The molecule has 0 spiro atoms. The van der Waals surface area contributed by atoms with Crippen LogP contribution in [-0.4, -0.2) is 30.7 Å². The van der Waals surface area contributed by atoms with E-state index in [1.165, 1.54) is 28.6 Å². The van der Waals surface area contributed by atoms with E-state index in [-0.39, 0.29) is 16.9 Å². The van der Waals surface area contributed by atoms with Gasteiger partial charge in [0.15, 0.2) is 0 Å². The molecule has 7 heteroatoms. The van der Waals surface area contributed by atoms with E-state index >= 15 is 0 Å². The lowest BCUT2D eigenvalue weighted by Crippen LogP contribution is -2.48. The summed E-state index contributed by atoms with van der Waals surface area (Å²) in [4.78, 5) is 11.9. The second-order valence-corrected chi connectivity index (χ2v) is 8.08. The monoisotopic (exact) mass is 333 g/mol. The number of primary amides is 1. The van der Waals surface area contributed by atoms with Crippen LogP contribution in [0.3, 0.4) is 0 Å². The van der Waals surface area contributed by atoms with Gasteiger partial charge in [0.1, 0.15) is 6.04 Å². The van der Waals surface area contributed by atoms with Crippen LogP contribution < -0.4 is 5.73 Å². The van der Waals surface area contributed by atoms with Crippen LogP contribution >= 0.6 is 0 Å². The van der Waals surface area contributed by atoms with Gasteiger partial charge in [0.25, 0.3) is 0 Å². The highest BCUT2D eigenvalue weighted by molar-refractivity contribution is 7.89. The summed E-state index contributed by atoms with van der Waals surface area (Å²) in [7, 11) is -3.81. The summed E-state index contributed by atoms with van der Waals surface area (Å²) in [6.45, 7) is 0. The maximum atomic E-state index is 13.0. The third-order valence-electron chi connectivity index (χ3n) is 4.92. The van der Waals surface area contributed by atoms with Crippen LogP contribution in [0.15, 0.2) is 29.2 Å². The molecule has 3 atom stereocenters. The molecule has 1 heterocycles. The van der Waals surface area contributed by atoms with Gasteiger partial charge >= 0.3 is 0 Å². The first-order chi connectivity index (χ1) is 10.9. The predicted molar refractivity (Wildman–Crippen MR) is 83.5 cm³/mol. The molecule has 1 aromatic rings. The maximum Gasteiger partial charge on any atom is 0.244 e. The number of carbonyl (C=O) groups excluding carboxylic acids is 1. The van der Waals surface area contributed by atoms with E-state index < -0.39 is 22.0 Å². The van der Waals surface area contributed by atoms with Crippen LogP contribution in [-0.2, 0) is 14.8 Å². The lowest BCUT2D eigenvalue weighted by Gasteiger charge is -2.32.